The van der Waals surface area contributed by atoms with Crippen LogP contribution in [-0.2, 0) is 24.4 Å². The average Bonchev–Trinajstić information content (AvgIpc) is 3.19. The molecule has 1 fully saturated rings. The Kier molecular flexibility index (Phi) is 8.23. The third-order valence-corrected chi connectivity index (χ3v) is 5.54. The highest BCUT2D eigenvalue weighted by Crippen LogP contribution is 2.15. The van der Waals surface area contributed by atoms with Crippen LogP contribution in [-0.4, -0.2) is 60.4 Å². The van der Waals surface area contributed by atoms with Crippen molar-refractivity contribution >= 4 is 11.9 Å². The highest BCUT2D eigenvalue weighted by Gasteiger charge is 2.20. The van der Waals surface area contributed by atoms with Crippen molar-refractivity contribution in [2.45, 2.75) is 32.5 Å². The minimum absolute atomic E-state index is 0.128. The van der Waals surface area contributed by atoms with E-state index in [1.54, 1.807) is 17.0 Å². The second-order valence-corrected chi connectivity index (χ2v) is 8.43. The number of amides is 3. The van der Waals surface area contributed by atoms with Gasteiger partial charge in [0.25, 0.3) is 0 Å². The van der Waals surface area contributed by atoms with E-state index in [4.69, 9.17) is 5.26 Å². The Labute approximate surface area is 190 Å². The standard InChI is InChI=1S/C25H31N5O2/c1-28(2)13-14-30(18-21-10-8-20(16-26)9-11-21)25(32)27-17-22-5-3-6-23(15-22)19-29-12-4-7-24(29)31/h3,5-6,8-11,15H,4,7,12-14,17-19H2,1-2H3,(H,27,32). The number of hydrogen-bond acceptors (Lipinski definition) is 4. The third-order valence-electron chi connectivity index (χ3n) is 5.54. The molecule has 2 aromatic carbocycles. The molecule has 7 heteroatoms. The molecule has 0 atom stereocenters. The summed E-state index contributed by atoms with van der Waals surface area (Å²) in [6.07, 6.45) is 1.56. The van der Waals surface area contributed by atoms with Crippen LogP contribution in [0.4, 0.5) is 4.79 Å². The van der Waals surface area contributed by atoms with Gasteiger partial charge in [-0.1, -0.05) is 36.4 Å². The summed E-state index contributed by atoms with van der Waals surface area (Å²) < 4.78 is 0. The number of likely N-dealkylation sites (tertiary alicyclic amines) is 1. The van der Waals surface area contributed by atoms with Crippen molar-refractivity contribution in [1.29, 1.82) is 5.26 Å². The molecule has 0 spiro atoms. The lowest BCUT2D eigenvalue weighted by atomic mass is 10.1. The van der Waals surface area contributed by atoms with Crippen molar-refractivity contribution in [3.8, 4) is 6.07 Å². The number of carbonyl (C=O) groups excluding carboxylic acids is 2. The molecule has 1 aliphatic heterocycles. The van der Waals surface area contributed by atoms with Crippen molar-refractivity contribution in [3.63, 3.8) is 0 Å². The SMILES string of the molecule is CN(C)CCN(Cc1ccc(C#N)cc1)C(=O)NCc1cccc(CN2CCCC2=O)c1. The molecule has 1 saturated heterocycles. The first-order chi connectivity index (χ1) is 15.4. The van der Waals surface area contributed by atoms with Gasteiger partial charge in [0.1, 0.15) is 0 Å². The molecule has 0 aliphatic carbocycles. The van der Waals surface area contributed by atoms with E-state index in [1.807, 2.05) is 54.2 Å². The molecule has 1 N–H and O–H groups in total. The van der Waals surface area contributed by atoms with Crippen LogP contribution in [0, 0.1) is 11.3 Å². The monoisotopic (exact) mass is 433 g/mol. The Balaban J connectivity index is 1.60. The summed E-state index contributed by atoms with van der Waals surface area (Å²) in [6, 6.07) is 17.3. The van der Waals surface area contributed by atoms with E-state index in [0.29, 0.717) is 38.2 Å². The summed E-state index contributed by atoms with van der Waals surface area (Å²) >= 11 is 0. The largest absolute Gasteiger partial charge is 0.338 e. The van der Waals surface area contributed by atoms with Crippen LogP contribution in [0.3, 0.4) is 0 Å². The Hall–Kier alpha value is -3.37. The molecule has 32 heavy (non-hydrogen) atoms. The number of rotatable bonds is 9. The van der Waals surface area contributed by atoms with Gasteiger partial charge in [0.2, 0.25) is 5.91 Å². The van der Waals surface area contributed by atoms with Crippen LogP contribution in [0.15, 0.2) is 48.5 Å². The molecule has 7 nitrogen and oxygen atoms in total. The Bertz CT molecular complexity index is 965. The van der Waals surface area contributed by atoms with Crippen molar-refractivity contribution < 1.29 is 9.59 Å². The van der Waals surface area contributed by atoms with Crippen molar-refractivity contribution in [2.24, 2.45) is 0 Å². The van der Waals surface area contributed by atoms with E-state index < -0.39 is 0 Å². The van der Waals surface area contributed by atoms with Gasteiger partial charge in [0, 0.05) is 45.7 Å². The lowest BCUT2D eigenvalue weighted by molar-refractivity contribution is -0.128. The molecule has 0 aromatic heterocycles. The normalized spacial score (nSPS) is 13.3. The average molecular weight is 434 g/mol. The predicted molar refractivity (Wildman–Crippen MR) is 123 cm³/mol. The molecule has 0 radical (unpaired) electrons. The van der Waals surface area contributed by atoms with Gasteiger partial charge in [-0.3, -0.25) is 4.79 Å². The summed E-state index contributed by atoms with van der Waals surface area (Å²) in [5, 5.41) is 12.0. The van der Waals surface area contributed by atoms with Gasteiger partial charge in [0.15, 0.2) is 0 Å². The van der Waals surface area contributed by atoms with Gasteiger partial charge < -0.3 is 20.0 Å². The molecule has 3 rings (SSSR count). The first kappa shape index (κ1) is 23.3. The van der Waals surface area contributed by atoms with Gasteiger partial charge in [-0.2, -0.15) is 5.26 Å². The van der Waals surface area contributed by atoms with Crippen LogP contribution < -0.4 is 5.32 Å². The molecule has 0 bridgehead atoms. The van der Waals surface area contributed by atoms with Crippen LogP contribution in [0.2, 0.25) is 0 Å². The Morgan fingerprint density at radius 3 is 2.50 bits per heavy atom. The van der Waals surface area contributed by atoms with Gasteiger partial charge in [-0.25, -0.2) is 4.79 Å². The molecule has 2 aromatic rings. The van der Waals surface area contributed by atoms with Crippen LogP contribution in [0.5, 0.6) is 0 Å². The van der Waals surface area contributed by atoms with Gasteiger partial charge >= 0.3 is 6.03 Å². The molecule has 168 valence electrons. The zero-order chi connectivity index (χ0) is 22.9. The minimum atomic E-state index is -0.128. The maximum Gasteiger partial charge on any atom is 0.318 e. The van der Waals surface area contributed by atoms with E-state index in [0.717, 1.165) is 36.2 Å². The van der Waals surface area contributed by atoms with E-state index in [-0.39, 0.29) is 11.9 Å². The number of carbonyl (C=O) groups is 2. The number of nitrogens with zero attached hydrogens (tertiary/aromatic N) is 4. The first-order valence-corrected chi connectivity index (χ1v) is 11.0. The summed E-state index contributed by atoms with van der Waals surface area (Å²) in [5.41, 5.74) is 3.67. The topological polar surface area (TPSA) is 79.7 Å². The quantitative estimate of drug-likeness (QED) is 0.659. The number of nitrogens with one attached hydrogen (secondary N) is 1. The lowest BCUT2D eigenvalue weighted by Gasteiger charge is -2.25. The fraction of sp³-hybridized carbons (Fsp3) is 0.400. The molecular formula is C25H31N5O2. The van der Waals surface area contributed by atoms with Crippen molar-refractivity contribution in [2.75, 3.05) is 33.7 Å². The predicted octanol–water partition coefficient (Wildman–Crippen LogP) is 2.95. The highest BCUT2D eigenvalue weighted by atomic mass is 16.2. The molecule has 1 aliphatic rings. The van der Waals surface area contributed by atoms with Crippen LogP contribution in [0.25, 0.3) is 0 Å². The second-order valence-electron chi connectivity index (χ2n) is 8.43. The zero-order valence-electron chi connectivity index (χ0n) is 18.9. The fourth-order valence-electron chi connectivity index (χ4n) is 3.70. The van der Waals surface area contributed by atoms with Gasteiger partial charge in [-0.05, 0) is 49.3 Å². The molecular weight excluding hydrogens is 402 g/mol. The summed E-state index contributed by atoms with van der Waals surface area (Å²) in [7, 11) is 3.96. The highest BCUT2D eigenvalue weighted by molar-refractivity contribution is 5.78. The van der Waals surface area contributed by atoms with E-state index in [1.165, 1.54) is 0 Å². The molecule has 0 saturated carbocycles. The number of nitriles is 1. The molecule has 1 heterocycles. The number of likely N-dealkylation sites (N-methyl/N-ethyl adjacent to an activating group) is 1. The number of benzene rings is 2. The fourth-order valence-corrected chi connectivity index (χ4v) is 3.70. The maximum atomic E-state index is 13.0. The summed E-state index contributed by atoms with van der Waals surface area (Å²) in [4.78, 5) is 30.6. The van der Waals surface area contributed by atoms with Crippen LogP contribution in [0.1, 0.15) is 35.1 Å². The number of hydrogen-bond donors (Lipinski definition) is 1. The van der Waals surface area contributed by atoms with Crippen molar-refractivity contribution in [3.05, 3.63) is 70.8 Å². The summed E-state index contributed by atoms with van der Waals surface area (Å²) in [5.74, 6) is 0.211. The lowest BCUT2D eigenvalue weighted by Crippen LogP contribution is -2.42. The van der Waals surface area contributed by atoms with E-state index in [9.17, 15) is 9.59 Å². The van der Waals surface area contributed by atoms with E-state index in [2.05, 4.69) is 17.5 Å². The van der Waals surface area contributed by atoms with E-state index >= 15 is 0 Å². The Morgan fingerprint density at radius 2 is 1.84 bits per heavy atom. The summed E-state index contributed by atoms with van der Waals surface area (Å²) in [6.45, 7) is 3.68. The zero-order valence-corrected chi connectivity index (χ0v) is 18.9. The van der Waals surface area contributed by atoms with Gasteiger partial charge in [-0.15, -0.1) is 0 Å². The molecule has 0 unspecified atom stereocenters. The smallest absolute Gasteiger partial charge is 0.318 e. The molecule has 3 amide bonds. The maximum absolute atomic E-state index is 13.0. The van der Waals surface area contributed by atoms with Gasteiger partial charge in [0.05, 0.1) is 11.6 Å². The minimum Gasteiger partial charge on any atom is -0.338 e. The Morgan fingerprint density at radius 1 is 1.09 bits per heavy atom. The number of urea groups is 1. The third kappa shape index (κ3) is 6.82. The van der Waals surface area contributed by atoms with Crippen molar-refractivity contribution in [1.82, 2.24) is 20.0 Å². The first-order valence-electron chi connectivity index (χ1n) is 11.0. The van der Waals surface area contributed by atoms with Crippen LogP contribution >= 0.6 is 0 Å². The second kappa shape index (κ2) is 11.3.